The number of halogens is 1. The molecule has 0 aromatic heterocycles. The molecule has 0 aliphatic carbocycles. The summed E-state index contributed by atoms with van der Waals surface area (Å²) < 4.78 is 0. The van der Waals surface area contributed by atoms with Crippen molar-refractivity contribution in [2.45, 2.75) is 6.92 Å². The molecule has 0 bridgehead atoms. The predicted molar refractivity (Wildman–Crippen MR) is 60.0 cm³/mol. The minimum Gasteiger partial charge on any atom is -0.506 e. The van der Waals surface area contributed by atoms with E-state index in [4.69, 9.17) is 22.4 Å². The second-order valence-corrected chi connectivity index (χ2v) is 3.70. The topological polar surface area (TPSA) is 75.4 Å². The van der Waals surface area contributed by atoms with Crippen LogP contribution in [-0.2, 0) is 4.79 Å². The summed E-state index contributed by atoms with van der Waals surface area (Å²) in [4.78, 5) is 11.4. The summed E-state index contributed by atoms with van der Waals surface area (Å²) in [5.41, 5.74) is 5.90. The number of aromatic hydroxyl groups is 1. The molecule has 4 N–H and O–H groups in total. The Balaban J connectivity index is 2.73. The quantitative estimate of drug-likeness (QED) is 0.688. The Morgan fingerprint density at radius 3 is 2.87 bits per heavy atom. The zero-order chi connectivity index (χ0) is 11.4. The van der Waals surface area contributed by atoms with Crippen LogP contribution < -0.4 is 11.1 Å². The zero-order valence-corrected chi connectivity index (χ0v) is 9.08. The van der Waals surface area contributed by atoms with E-state index in [1.165, 1.54) is 12.1 Å². The van der Waals surface area contributed by atoms with E-state index in [1.807, 2.05) is 0 Å². The van der Waals surface area contributed by atoms with Gasteiger partial charge in [-0.3, -0.25) is 4.79 Å². The lowest BCUT2D eigenvalue weighted by Crippen LogP contribution is -2.26. The molecule has 0 saturated carbocycles. The monoisotopic (exact) mass is 228 g/mol. The smallest absolute Gasteiger partial charge is 0.228 e. The van der Waals surface area contributed by atoms with Gasteiger partial charge in [0.25, 0.3) is 0 Å². The molecule has 0 saturated heterocycles. The molecular weight excluding hydrogens is 216 g/mol. The molecule has 1 rings (SSSR count). The molecule has 0 heterocycles. The number of anilines is 1. The molecule has 1 amide bonds. The number of rotatable bonds is 3. The van der Waals surface area contributed by atoms with Gasteiger partial charge in [-0.05, 0) is 18.2 Å². The molecule has 0 fully saturated rings. The standard InChI is InChI=1S/C10H13ClN2O2/c1-6(5-12)10(15)13-7-2-3-9(14)8(11)4-7/h2-4,6,14H,5,12H2,1H3,(H,13,15). The molecular formula is C10H13ClN2O2. The second-order valence-electron chi connectivity index (χ2n) is 3.29. The van der Waals surface area contributed by atoms with Gasteiger partial charge in [0.05, 0.1) is 5.02 Å². The third kappa shape index (κ3) is 3.11. The fourth-order valence-corrected chi connectivity index (χ4v) is 1.14. The molecule has 1 aromatic carbocycles. The van der Waals surface area contributed by atoms with Crippen molar-refractivity contribution in [1.29, 1.82) is 0 Å². The first-order chi connectivity index (χ1) is 7.04. The summed E-state index contributed by atoms with van der Waals surface area (Å²) in [5.74, 6) is -0.432. The fourth-order valence-electron chi connectivity index (χ4n) is 0.957. The van der Waals surface area contributed by atoms with Gasteiger partial charge < -0.3 is 16.2 Å². The largest absolute Gasteiger partial charge is 0.506 e. The highest BCUT2D eigenvalue weighted by molar-refractivity contribution is 6.32. The minimum absolute atomic E-state index is 0.0125. The van der Waals surface area contributed by atoms with Crippen molar-refractivity contribution < 1.29 is 9.90 Å². The SMILES string of the molecule is CC(CN)C(=O)Nc1ccc(O)c(Cl)c1. The summed E-state index contributed by atoms with van der Waals surface area (Å²) in [6.07, 6.45) is 0. The van der Waals surface area contributed by atoms with E-state index >= 15 is 0 Å². The Bertz CT molecular complexity index is 368. The summed E-state index contributed by atoms with van der Waals surface area (Å²) in [7, 11) is 0. The summed E-state index contributed by atoms with van der Waals surface area (Å²) >= 11 is 5.68. The van der Waals surface area contributed by atoms with Crippen LogP contribution in [0.3, 0.4) is 0 Å². The van der Waals surface area contributed by atoms with Crippen molar-refractivity contribution in [3.05, 3.63) is 23.2 Å². The molecule has 15 heavy (non-hydrogen) atoms. The van der Waals surface area contributed by atoms with E-state index in [0.717, 1.165) is 0 Å². The number of phenols is 1. The highest BCUT2D eigenvalue weighted by Gasteiger charge is 2.11. The van der Waals surface area contributed by atoms with E-state index in [-0.39, 0.29) is 29.1 Å². The average Bonchev–Trinajstić information content (AvgIpc) is 2.22. The maximum absolute atomic E-state index is 11.4. The van der Waals surface area contributed by atoms with Crippen LogP contribution in [0.5, 0.6) is 5.75 Å². The molecule has 82 valence electrons. The van der Waals surface area contributed by atoms with Crippen molar-refractivity contribution in [2.24, 2.45) is 11.7 Å². The summed E-state index contributed by atoms with van der Waals surface area (Å²) in [5, 5.41) is 12.0. The highest BCUT2D eigenvalue weighted by atomic mass is 35.5. The van der Waals surface area contributed by atoms with Gasteiger partial charge in [0.2, 0.25) is 5.91 Å². The van der Waals surface area contributed by atoms with E-state index in [9.17, 15) is 4.79 Å². The fraction of sp³-hybridized carbons (Fsp3) is 0.300. The number of carbonyl (C=O) groups excluding carboxylic acids is 1. The van der Waals surface area contributed by atoms with Crippen LogP contribution in [0.2, 0.25) is 5.02 Å². The molecule has 0 spiro atoms. The molecule has 0 radical (unpaired) electrons. The lowest BCUT2D eigenvalue weighted by Gasteiger charge is -2.10. The lowest BCUT2D eigenvalue weighted by molar-refractivity contribution is -0.119. The van der Waals surface area contributed by atoms with Crippen LogP contribution in [0.25, 0.3) is 0 Å². The molecule has 5 heteroatoms. The van der Waals surface area contributed by atoms with Gasteiger partial charge in [0, 0.05) is 18.2 Å². The third-order valence-corrected chi connectivity index (χ3v) is 2.32. The summed E-state index contributed by atoms with van der Waals surface area (Å²) in [6, 6.07) is 4.48. The number of phenolic OH excluding ortho intramolecular Hbond substituents is 1. The minimum atomic E-state index is -0.252. The number of amides is 1. The van der Waals surface area contributed by atoms with Crippen LogP contribution >= 0.6 is 11.6 Å². The Hall–Kier alpha value is -1.26. The average molecular weight is 229 g/mol. The number of benzene rings is 1. The van der Waals surface area contributed by atoms with Crippen LogP contribution in [-0.4, -0.2) is 17.6 Å². The van der Waals surface area contributed by atoms with Crippen molar-refractivity contribution in [2.75, 3.05) is 11.9 Å². The van der Waals surface area contributed by atoms with E-state index in [2.05, 4.69) is 5.32 Å². The zero-order valence-electron chi connectivity index (χ0n) is 8.33. The number of carbonyl (C=O) groups is 1. The van der Waals surface area contributed by atoms with Gasteiger partial charge in [0.15, 0.2) is 0 Å². The Kier molecular flexibility index (Phi) is 3.94. The van der Waals surface area contributed by atoms with E-state index in [0.29, 0.717) is 5.69 Å². The molecule has 4 nitrogen and oxygen atoms in total. The van der Waals surface area contributed by atoms with E-state index < -0.39 is 0 Å². The first-order valence-corrected chi connectivity index (χ1v) is 4.92. The number of nitrogens with two attached hydrogens (primary N) is 1. The molecule has 0 aliphatic heterocycles. The van der Waals surface area contributed by atoms with Crippen LogP contribution in [0, 0.1) is 5.92 Å². The Labute approximate surface area is 93.0 Å². The van der Waals surface area contributed by atoms with Crippen LogP contribution in [0.1, 0.15) is 6.92 Å². The van der Waals surface area contributed by atoms with Gasteiger partial charge in [-0.15, -0.1) is 0 Å². The summed E-state index contributed by atoms with van der Waals surface area (Å²) in [6.45, 7) is 2.02. The number of hydrogen-bond donors (Lipinski definition) is 3. The van der Waals surface area contributed by atoms with Crippen LogP contribution in [0.4, 0.5) is 5.69 Å². The van der Waals surface area contributed by atoms with Gasteiger partial charge in [-0.2, -0.15) is 0 Å². The Morgan fingerprint density at radius 2 is 2.33 bits per heavy atom. The lowest BCUT2D eigenvalue weighted by atomic mass is 10.1. The third-order valence-electron chi connectivity index (χ3n) is 2.02. The van der Waals surface area contributed by atoms with Crippen molar-refractivity contribution in [1.82, 2.24) is 0 Å². The molecule has 0 aliphatic rings. The van der Waals surface area contributed by atoms with Gasteiger partial charge in [-0.25, -0.2) is 0 Å². The van der Waals surface area contributed by atoms with Crippen molar-refractivity contribution in [3.8, 4) is 5.75 Å². The first kappa shape index (κ1) is 11.8. The molecule has 1 unspecified atom stereocenters. The van der Waals surface area contributed by atoms with Crippen molar-refractivity contribution in [3.63, 3.8) is 0 Å². The van der Waals surface area contributed by atoms with Gasteiger partial charge in [-0.1, -0.05) is 18.5 Å². The second kappa shape index (κ2) is 5.00. The van der Waals surface area contributed by atoms with Crippen molar-refractivity contribution >= 4 is 23.2 Å². The number of nitrogens with one attached hydrogen (secondary N) is 1. The highest BCUT2D eigenvalue weighted by Crippen LogP contribution is 2.26. The van der Waals surface area contributed by atoms with Crippen LogP contribution in [0.15, 0.2) is 18.2 Å². The van der Waals surface area contributed by atoms with Gasteiger partial charge in [0.1, 0.15) is 5.75 Å². The maximum atomic E-state index is 11.4. The predicted octanol–water partition coefficient (Wildman–Crippen LogP) is 1.58. The first-order valence-electron chi connectivity index (χ1n) is 4.54. The Morgan fingerprint density at radius 1 is 1.67 bits per heavy atom. The molecule has 1 aromatic rings. The van der Waals surface area contributed by atoms with E-state index in [1.54, 1.807) is 13.0 Å². The van der Waals surface area contributed by atoms with Gasteiger partial charge >= 0.3 is 0 Å². The normalized spacial score (nSPS) is 12.2. The maximum Gasteiger partial charge on any atom is 0.228 e. The molecule has 1 atom stereocenters. The number of hydrogen-bond acceptors (Lipinski definition) is 3.